The SMILES string of the molecule is CCC(C)=NC(C)=O. The van der Waals surface area contributed by atoms with Crippen molar-refractivity contribution in [1.29, 1.82) is 0 Å². The van der Waals surface area contributed by atoms with Gasteiger partial charge < -0.3 is 0 Å². The van der Waals surface area contributed by atoms with Crippen LogP contribution in [-0.4, -0.2) is 11.6 Å². The van der Waals surface area contributed by atoms with E-state index in [4.69, 9.17) is 0 Å². The van der Waals surface area contributed by atoms with Gasteiger partial charge in [-0.3, -0.25) is 4.79 Å². The van der Waals surface area contributed by atoms with Crippen LogP contribution in [0.25, 0.3) is 0 Å². The Morgan fingerprint density at radius 1 is 1.50 bits per heavy atom. The van der Waals surface area contributed by atoms with E-state index in [1.54, 1.807) is 0 Å². The highest BCUT2D eigenvalue weighted by Crippen LogP contribution is 1.83. The third kappa shape index (κ3) is 3.53. The van der Waals surface area contributed by atoms with Crippen molar-refractivity contribution >= 4 is 11.6 Å². The fraction of sp³-hybridized carbons (Fsp3) is 0.667. The second-order valence-corrected chi connectivity index (χ2v) is 1.72. The zero-order valence-corrected chi connectivity index (χ0v) is 5.56. The molecular formula is C6H11NO. The molecule has 2 nitrogen and oxygen atoms in total. The Balaban J connectivity index is 3.75. The first kappa shape index (κ1) is 7.34. The summed E-state index contributed by atoms with van der Waals surface area (Å²) >= 11 is 0. The lowest BCUT2D eigenvalue weighted by atomic mass is 10.3. The van der Waals surface area contributed by atoms with E-state index < -0.39 is 0 Å². The third-order valence-electron chi connectivity index (χ3n) is 0.860. The summed E-state index contributed by atoms with van der Waals surface area (Å²) in [5.74, 6) is -0.107. The van der Waals surface area contributed by atoms with Crippen LogP contribution >= 0.6 is 0 Å². The molecule has 0 saturated carbocycles. The van der Waals surface area contributed by atoms with Crippen LogP contribution in [0.2, 0.25) is 0 Å². The predicted molar refractivity (Wildman–Crippen MR) is 34.1 cm³/mol. The summed E-state index contributed by atoms with van der Waals surface area (Å²) in [4.78, 5) is 13.9. The summed E-state index contributed by atoms with van der Waals surface area (Å²) in [6.07, 6.45) is 0.861. The number of aliphatic imine (C=N–C) groups is 1. The minimum absolute atomic E-state index is 0.107. The molecule has 0 fully saturated rings. The fourth-order valence-electron chi connectivity index (χ4n) is 0.348. The smallest absolute Gasteiger partial charge is 0.242 e. The first-order valence-electron chi connectivity index (χ1n) is 2.71. The van der Waals surface area contributed by atoms with E-state index in [1.165, 1.54) is 6.92 Å². The average molecular weight is 113 g/mol. The molecule has 0 heterocycles. The van der Waals surface area contributed by atoms with Gasteiger partial charge in [0.25, 0.3) is 0 Å². The molecule has 0 saturated heterocycles. The Morgan fingerprint density at radius 2 is 2.00 bits per heavy atom. The summed E-state index contributed by atoms with van der Waals surface area (Å²) < 4.78 is 0. The molecule has 0 atom stereocenters. The molecular weight excluding hydrogens is 102 g/mol. The molecule has 0 rings (SSSR count). The van der Waals surface area contributed by atoms with E-state index in [0.29, 0.717) is 0 Å². The zero-order chi connectivity index (χ0) is 6.57. The van der Waals surface area contributed by atoms with Gasteiger partial charge in [0.15, 0.2) is 0 Å². The second kappa shape index (κ2) is 3.36. The first-order valence-corrected chi connectivity index (χ1v) is 2.71. The number of hydrogen-bond acceptors (Lipinski definition) is 1. The maximum atomic E-state index is 10.2. The fourth-order valence-corrected chi connectivity index (χ4v) is 0.348. The largest absolute Gasteiger partial charge is 0.273 e. The molecule has 2 heteroatoms. The highest BCUT2D eigenvalue weighted by molar-refractivity contribution is 5.93. The van der Waals surface area contributed by atoms with Crippen molar-refractivity contribution < 1.29 is 4.79 Å². The Labute approximate surface area is 49.6 Å². The van der Waals surface area contributed by atoms with E-state index in [2.05, 4.69) is 4.99 Å². The topological polar surface area (TPSA) is 29.4 Å². The van der Waals surface area contributed by atoms with E-state index in [9.17, 15) is 4.79 Å². The van der Waals surface area contributed by atoms with Gasteiger partial charge in [-0.05, 0) is 13.3 Å². The van der Waals surface area contributed by atoms with Crippen molar-refractivity contribution in [3.63, 3.8) is 0 Å². The Bertz CT molecular complexity index is 116. The Kier molecular flexibility index (Phi) is 3.08. The van der Waals surface area contributed by atoms with Crippen molar-refractivity contribution in [3.05, 3.63) is 0 Å². The molecule has 8 heavy (non-hydrogen) atoms. The van der Waals surface area contributed by atoms with Gasteiger partial charge in [0.1, 0.15) is 0 Å². The van der Waals surface area contributed by atoms with Crippen LogP contribution in [0.3, 0.4) is 0 Å². The minimum atomic E-state index is -0.107. The van der Waals surface area contributed by atoms with E-state index in [0.717, 1.165) is 12.1 Å². The minimum Gasteiger partial charge on any atom is -0.273 e. The highest BCUT2D eigenvalue weighted by atomic mass is 16.1. The molecule has 0 aromatic rings. The number of hydrogen-bond donors (Lipinski definition) is 0. The summed E-state index contributed by atoms with van der Waals surface area (Å²) in [6, 6.07) is 0. The molecule has 0 aliphatic heterocycles. The van der Waals surface area contributed by atoms with Gasteiger partial charge in [-0.25, -0.2) is 4.99 Å². The molecule has 0 spiro atoms. The van der Waals surface area contributed by atoms with Crippen LogP contribution in [0, 0.1) is 0 Å². The molecule has 0 unspecified atom stereocenters. The molecule has 1 amide bonds. The summed E-state index contributed by atoms with van der Waals surface area (Å²) in [5, 5.41) is 0. The van der Waals surface area contributed by atoms with Crippen LogP contribution in [0.4, 0.5) is 0 Å². The number of carbonyl (C=O) groups is 1. The standard InChI is InChI=1S/C6H11NO/c1-4-5(2)7-6(3)8/h4H2,1-3H3. The number of amides is 1. The van der Waals surface area contributed by atoms with Gasteiger partial charge in [-0.2, -0.15) is 0 Å². The molecule has 0 N–H and O–H groups in total. The lowest BCUT2D eigenvalue weighted by Crippen LogP contribution is -1.92. The van der Waals surface area contributed by atoms with Gasteiger partial charge in [0.2, 0.25) is 5.91 Å². The van der Waals surface area contributed by atoms with Crippen molar-refractivity contribution in [2.75, 3.05) is 0 Å². The normalized spacial score (nSPS) is 11.6. The number of carbonyl (C=O) groups excluding carboxylic acids is 1. The van der Waals surface area contributed by atoms with Crippen LogP contribution in [-0.2, 0) is 4.79 Å². The van der Waals surface area contributed by atoms with Crippen LogP contribution in [0.15, 0.2) is 4.99 Å². The maximum Gasteiger partial charge on any atom is 0.242 e. The maximum absolute atomic E-state index is 10.2. The molecule has 46 valence electrons. The van der Waals surface area contributed by atoms with Gasteiger partial charge in [-0.1, -0.05) is 6.92 Å². The van der Waals surface area contributed by atoms with Crippen LogP contribution in [0.1, 0.15) is 27.2 Å². The van der Waals surface area contributed by atoms with Crippen molar-refractivity contribution in [2.24, 2.45) is 4.99 Å². The van der Waals surface area contributed by atoms with E-state index in [1.807, 2.05) is 13.8 Å². The van der Waals surface area contributed by atoms with Gasteiger partial charge in [0, 0.05) is 12.6 Å². The third-order valence-corrected chi connectivity index (χ3v) is 0.860. The quantitative estimate of drug-likeness (QED) is 0.472. The van der Waals surface area contributed by atoms with Gasteiger partial charge >= 0.3 is 0 Å². The lowest BCUT2D eigenvalue weighted by molar-refractivity contribution is -0.115. The van der Waals surface area contributed by atoms with E-state index in [-0.39, 0.29) is 5.91 Å². The van der Waals surface area contributed by atoms with Crippen molar-refractivity contribution in [3.8, 4) is 0 Å². The van der Waals surface area contributed by atoms with Crippen molar-refractivity contribution in [2.45, 2.75) is 27.2 Å². The first-order chi connectivity index (χ1) is 3.66. The summed E-state index contributed by atoms with van der Waals surface area (Å²) in [6.45, 7) is 5.28. The van der Waals surface area contributed by atoms with Crippen LogP contribution in [0.5, 0.6) is 0 Å². The molecule has 0 bridgehead atoms. The molecule has 0 aliphatic carbocycles. The molecule has 0 radical (unpaired) electrons. The Hall–Kier alpha value is -0.660. The van der Waals surface area contributed by atoms with Crippen LogP contribution < -0.4 is 0 Å². The highest BCUT2D eigenvalue weighted by Gasteiger charge is 1.86. The van der Waals surface area contributed by atoms with Gasteiger partial charge in [-0.15, -0.1) is 0 Å². The molecule has 0 aromatic heterocycles. The molecule has 0 aromatic carbocycles. The lowest BCUT2D eigenvalue weighted by Gasteiger charge is -1.87. The Morgan fingerprint density at radius 3 is 2.12 bits per heavy atom. The average Bonchev–Trinajstić information content (AvgIpc) is 1.65. The second-order valence-electron chi connectivity index (χ2n) is 1.72. The van der Waals surface area contributed by atoms with Crippen molar-refractivity contribution in [1.82, 2.24) is 0 Å². The summed E-state index contributed by atoms with van der Waals surface area (Å²) in [7, 11) is 0. The number of rotatable bonds is 1. The van der Waals surface area contributed by atoms with E-state index >= 15 is 0 Å². The predicted octanol–water partition coefficient (Wildman–Crippen LogP) is 1.40. The monoisotopic (exact) mass is 113 g/mol. The molecule has 0 aliphatic rings. The zero-order valence-electron chi connectivity index (χ0n) is 5.56. The summed E-state index contributed by atoms with van der Waals surface area (Å²) in [5.41, 5.74) is 0.900. The van der Waals surface area contributed by atoms with Gasteiger partial charge in [0.05, 0.1) is 0 Å². The number of nitrogens with zero attached hydrogens (tertiary/aromatic N) is 1.